The monoisotopic (exact) mass is 388 g/mol. The highest BCUT2D eigenvalue weighted by Gasteiger charge is 2.19. The zero-order valence-electron chi connectivity index (χ0n) is 14.6. The highest BCUT2D eigenvalue weighted by molar-refractivity contribution is 6.31. The van der Waals surface area contributed by atoms with Crippen LogP contribution in [0.2, 0.25) is 5.02 Å². The van der Waals surface area contributed by atoms with Gasteiger partial charge in [0.1, 0.15) is 29.8 Å². The van der Waals surface area contributed by atoms with Gasteiger partial charge in [-0.25, -0.2) is 14.4 Å². The van der Waals surface area contributed by atoms with Crippen LogP contribution in [0.25, 0.3) is 10.9 Å². The maximum Gasteiger partial charge on any atom is 0.145 e. The molecule has 0 bridgehead atoms. The zero-order chi connectivity index (χ0) is 18.8. The molecular formula is C19H18ClFN4O2. The van der Waals surface area contributed by atoms with Crippen LogP contribution in [0.5, 0.6) is 5.75 Å². The Morgan fingerprint density at radius 1 is 1.26 bits per heavy atom. The molecule has 0 saturated carbocycles. The van der Waals surface area contributed by atoms with Crippen molar-refractivity contribution in [3.63, 3.8) is 0 Å². The van der Waals surface area contributed by atoms with Crippen LogP contribution in [0.15, 0.2) is 36.7 Å². The number of halogens is 2. The molecule has 1 fully saturated rings. The van der Waals surface area contributed by atoms with E-state index in [1.54, 1.807) is 6.07 Å². The lowest BCUT2D eigenvalue weighted by atomic mass is 10.1. The molecule has 6 nitrogen and oxygen atoms in total. The average molecular weight is 389 g/mol. The standard InChI is InChI=1S/C19H18ClFN4O2/c1-22-17-7-13-16(8-18(17)27-12-4-5-26-9-12)23-10-24-19(13)25-11-2-3-15(21)14(20)6-11/h2-3,6-8,10,12,22H,4-5,9H2,1H3,(H,23,24,25)/t12-/m0/s1. The summed E-state index contributed by atoms with van der Waals surface area (Å²) in [5, 5.41) is 7.17. The molecule has 2 heterocycles. The van der Waals surface area contributed by atoms with E-state index in [1.807, 2.05) is 19.2 Å². The summed E-state index contributed by atoms with van der Waals surface area (Å²) in [6.45, 7) is 1.30. The third-order valence-corrected chi connectivity index (χ3v) is 4.66. The molecule has 0 unspecified atom stereocenters. The minimum atomic E-state index is -0.468. The summed E-state index contributed by atoms with van der Waals surface area (Å²) in [5.74, 6) is 0.842. The van der Waals surface area contributed by atoms with E-state index >= 15 is 0 Å². The molecule has 4 rings (SSSR count). The largest absolute Gasteiger partial charge is 0.486 e. The number of hydrogen-bond donors (Lipinski definition) is 2. The summed E-state index contributed by atoms with van der Waals surface area (Å²) in [7, 11) is 1.83. The summed E-state index contributed by atoms with van der Waals surface area (Å²) < 4.78 is 24.8. The molecular weight excluding hydrogens is 371 g/mol. The van der Waals surface area contributed by atoms with Crippen molar-refractivity contribution in [2.24, 2.45) is 0 Å². The number of nitrogens with zero attached hydrogens (tertiary/aromatic N) is 2. The molecule has 3 aromatic rings. The Labute approximate surface area is 160 Å². The van der Waals surface area contributed by atoms with Crippen molar-refractivity contribution >= 4 is 39.7 Å². The average Bonchev–Trinajstić information content (AvgIpc) is 3.17. The predicted molar refractivity (Wildman–Crippen MR) is 104 cm³/mol. The molecule has 0 amide bonds. The molecule has 0 radical (unpaired) electrons. The second-order valence-corrected chi connectivity index (χ2v) is 6.60. The number of aromatic nitrogens is 2. The van der Waals surface area contributed by atoms with E-state index in [9.17, 15) is 4.39 Å². The Balaban J connectivity index is 1.70. The van der Waals surface area contributed by atoms with Crippen LogP contribution in [0.1, 0.15) is 6.42 Å². The maximum absolute atomic E-state index is 13.4. The predicted octanol–water partition coefficient (Wildman–Crippen LogP) is 4.38. The zero-order valence-corrected chi connectivity index (χ0v) is 15.4. The molecule has 1 aromatic heterocycles. The first-order valence-electron chi connectivity index (χ1n) is 8.57. The Bertz CT molecular complexity index is 979. The van der Waals surface area contributed by atoms with Crippen molar-refractivity contribution < 1.29 is 13.9 Å². The summed E-state index contributed by atoms with van der Waals surface area (Å²) in [4.78, 5) is 8.66. The molecule has 2 N–H and O–H groups in total. The van der Waals surface area contributed by atoms with Gasteiger partial charge in [0, 0.05) is 30.6 Å². The molecule has 27 heavy (non-hydrogen) atoms. The van der Waals surface area contributed by atoms with Gasteiger partial charge in [0.25, 0.3) is 0 Å². The van der Waals surface area contributed by atoms with Crippen molar-refractivity contribution in [1.29, 1.82) is 0 Å². The van der Waals surface area contributed by atoms with Gasteiger partial charge in [0.05, 0.1) is 29.4 Å². The Morgan fingerprint density at radius 3 is 2.89 bits per heavy atom. The number of benzene rings is 2. The van der Waals surface area contributed by atoms with E-state index < -0.39 is 5.82 Å². The van der Waals surface area contributed by atoms with E-state index in [0.29, 0.717) is 24.7 Å². The Hall–Kier alpha value is -2.64. The highest BCUT2D eigenvalue weighted by Crippen LogP contribution is 2.34. The first kappa shape index (κ1) is 17.8. The van der Waals surface area contributed by atoms with Crippen molar-refractivity contribution in [2.45, 2.75) is 12.5 Å². The quantitative estimate of drug-likeness (QED) is 0.676. The fraction of sp³-hybridized carbons (Fsp3) is 0.263. The Morgan fingerprint density at radius 2 is 2.15 bits per heavy atom. The van der Waals surface area contributed by atoms with Gasteiger partial charge in [-0.05, 0) is 24.3 Å². The number of fused-ring (bicyclic) bond motifs is 1. The second-order valence-electron chi connectivity index (χ2n) is 6.20. The van der Waals surface area contributed by atoms with E-state index in [-0.39, 0.29) is 11.1 Å². The van der Waals surface area contributed by atoms with Crippen LogP contribution >= 0.6 is 11.6 Å². The van der Waals surface area contributed by atoms with Crippen LogP contribution in [-0.2, 0) is 4.74 Å². The molecule has 8 heteroatoms. The second kappa shape index (κ2) is 7.54. The first-order valence-corrected chi connectivity index (χ1v) is 8.95. The van der Waals surface area contributed by atoms with Crippen LogP contribution in [0.4, 0.5) is 21.6 Å². The molecule has 2 aromatic carbocycles. The lowest BCUT2D eigenvalue weighted by Gasteiger charge is -2.17. The van der Waals surface area contributed by atoms with Crippen LogP contribution < -0.4 is 15.4 Å². The number of rotatable bonds is 5. The Kier molecular flexibility index (Phi) is 4.96. The van der Waals surface area contributed by atoms with Gasteiger partial charge in [-0.3, -0.25) is 0 Å². The van der Waals surface area contributed by atoms with E-state index in [0.717, 1.165) is 28.8 Å². The third-order valence-electron chi connectivity index (χ3n) is 4.37. The van der Waals surface area contributed by atoms with Gasteiger partial charge in [-0.1, -0.05) is 11.6 Å². The highest BCUT2D eigenvalue weighted by atomic mass is 35.5. The summed E-state index contributed by atoms with van der Waals surface area (Å²) in [5.41, 5.74) is 2.19. The van der Waals surface area contributed by atoms with Gasteiger partial charge < -0.3 is 20.1 Å². The fourth-order valence-electron chi connectivity index (χ4n) is 2.97. The number of nitrogens with one attached hydrogen (secondary N) is 2. The van der Waals surface area contributed by atoms with Crippen LogP contribution in [-0.4, -0.2) is 36.3 Å². The first-order chi connectivity index (χ1) is 13.1. The third kappa shape index (κ3) is 3.74. The molecule has 1 atom stereocenters. The van der Waals surface area contributed by atoms with Crippen molar-refractivity contribution in [3.8, 4) is 5.75 Å². The van der Waals surface area contributed by atoms with Crippen LogP contribution in [0.3, 0.4) is 0 Å². The van der Waals surface area contributed by atoms with Gasteiger partial charge in [0.15, 0.2) is 0 Å². The van der Waals surface area contributed by atoms with Gasteiger partial charge in [-0.15, -0.1) is 0 Å². The van der Waals surface area contributed by atoms with Crippen molar-refractivity contribution in [1.82, 2.24) is 9.97 Å². The lowest BCUT2D eigenvalue weighted by molar-refractivity contribution is 0.142. The fourth-order valence-corrected chi connectivity index (χ4v) is 3.15. The summed E-state index contributed by atoms with van der Waals surface area (Å²) in [6, 6.07) is 8.23. The normalized spacial score (nSPS) is 16.5. The molecule has 1 aliphatic heterocycles. The minimum absolute atomic E-state index is 0.0374. The number of anilines is 3. The van der Waals surface area contributed by atoms with Crippen LogP contribution in [0, 0.1) is 5.82 Å². The molecule has 140 valence electrons. The summed E-state index contributed by atoms with van der Waals surface area (Å²) in [6.07, 6.45) is 2.37. The van der Waals surface area contributed by atoms with Crippen molar-refractivity contribution in [2.75, 3.05) is 30.9 Å². The van der Waals surface area contributed by atoms with Crippen molar-refractivity contribution in [3.05, 3.63) is 47.5 Å². The maximum atomic E-state index is 13.4. The smallest absolute Gasteiger partial charge is 0.145 e. The van der Waals surface area contributed by atoms with Gasteiger partial charge >= 0.3 is 0 Å². The van der Waals surface area contributed by atoms with E-state index in [4.69, 9.17) is 21.1 Å². The van der Waals surface area contributed by atoms with Gasteiger partial charge in [-0.2, -0.15) is 0 Å². The molecule has 1 aliphatic rings. The number of hydrogen-bond acceptors (Lipinski definition) is 6. The SMILES string of the molecule is CNc1cc2c(Nc3ccc(F)c(Cl)c3)ncnc2cc1O[C@H]1CCOC1. The molecule has 0 spiro atoms. The van der Waals surface area contributed by atoms with E-state index in [2.05, 4.69) is 20.6 Å². The molecule has 0 aliphatic carbocycles. The molecule has 1 saturated heterocycles. The summed E-state index contributed by atoms with van der Waals surface area (Å²) >= 11 is 5.86. The topological polar surface area (TPSA) is 68.3 Å². The van der Waals surface area contributed by atoms with Gasteiger partial charge in [0.2, 0.25) is 0 Å². The number of ether oxygens (including phenoxy) is 2. The minimum Gasteiger partial charge on any atom is -0.486 e. The lowest BCUT2D eigenvalue weighted by Crippen LogP contribution is -2.16. The van der Waals surface area contributed by atoms with E-state index in [1.165, 1.54) is 18.5 Å².